The molecule has 0 bridgehead atoms. The summed E-state index contributed by atoms with van der Waals surface area (Å²) < 4.78 is 1.04. The molecule has 0 radical (unpaired) electrons. The van der Waals surface area contributed by atoms with Gasteiger partial charge in [0.1, 0.15) is 5.36 Å². The Labute approximate surface area is 76.1 Å². The lowest BCUT2D eigenvalue weighted by atomic mass is 10.3. The van der Waals surface area contributed by atoms with E-state index >= 15 is 0 Å². The number of aromatic nitrogens is 1. The van der Waals surface area contributed by atoms with Crippen LogP contribution in [0.1, 0.15) is 11.4 Å². The zero-order valence-corrected chi connectivity index (χ0v) is 7.58. The minimum absolute atomic E-state index is 0. The van der Waals surface area contributed by atoms with Gasteiger partial charge in [-0.05, 0) is 26.0 Å². The molecule has 68 valence electrons. The summed E-state index contributed by atoms with van der Waals surface area (Å²) in [5.74, 6) is 0. The second-order valence-corrected chi connectivity index (χ2v) is 2.41. The van der Waals surface area contributed by atoms with Crippen molar-refractivity contribution in [3.63, 3.8) is 0 Å². The summed E-state index contributed by atoms with van der Waals surface area (Å²) in [6, 6.07) is 3.15. The molecule has 12 heavy (non-hydrogen) atoms. The van der Waals surface area contributed by atoms with Crippen LogP contribution in [-0.2, 0) is 0 Å². The van der Waals surface area contributed by atoms with Crippen molar-refractivity contribution in [2.75, 3.05) is 0 Å². The molecule has 1 aromatic heterocycles. The second kappa shape index (κ2) is 4.01. The minimum Gasteiger partial charge on any atom is -1.00 e. The zero-order valence-electron chi connectivity index (χ0n) is 6.82. The van der Waals surface area contributed by atoms with Crippen LogP contribution in [0.15, 0.2) is 17.3 Å². The van der Waals surface area contributed by atoms with Gasteiger partial charge < -0.3 is 22.8 Å². The maximum absolute atomic E-state index is 9.22. The zero-order chi connectivity index (χ0) is 8.43. The van der Waals surface area contributed by atoms with Crippen molar-refractivity contribution in [2.45, 2.75) is 13.8 Å². The Kier molecular flexibility index (Phi) is 3.63. The lowest BCUT2D eigenvalue weighted by Gasteiger charge is -2.04. The van der Waals surface area contributed by atoms with Crippen LogP contribution < -0.4 is 17.8 Å². The van der Waals surface area contributed by atoms with E-state index in [2.05, 4.69) is 5.16 Å². The molecule has 0 saturated heterocycles. The van der Waals surface area contributed by atoms with Gasteiger partial charge >= 0.3 is 0 Å². The Balaban J connectivity index is 0.00000121. The standard InChI is InChI=1S/C7H10N2O2.ClH/c1-5-3-7(8-10)4-6(2)9(5)11;/h3-4,10-11H,1-2H3;1H/p-1. The first kappa shape index (κ1) is 10.8. The van der Waals surface area contributed by atoms with Gasteiger partial charge in [0.15, 0.2) is 0 Å². The SMILES string of the molecule is Cc1cc(=NO)cc(C)n1O.[Cl-]. The summed E-state index contributed by atoms with van der Waals surface area (Å²) in [6.07, 6.45) is 0. The summed E-state index contributed by atoms with van der Waals surface area (Å²) in [5, 5.41) is 21.1. The lowest BCUT2D eigenvalue weighted by molar-refractivity contribution is -0.00000452. The van der Waals surface area contributed by atoms with Crippen LogP contribution in [0.3, 0.4) is 0 Å². The third kappa shape index (κ3) is 1.92. The fourth-order valence-corrected chi connectivity index (χ4v) is 0.928. The largest absolute Gasteiger partial charge is 1.00 e. The highest BCUT2D eigenvalue weighted by Gasteiger charge is 1.95. The van der Waals surface area contributed by atoms with E-state index in [1.807, 2.05) is 0 Å². The monoisotopic (exact) mass is 189 g/mol. The van der Waals surface area contributed by atoms with E-state index in [4.69, 9.17) is 5.21 Å². The average molecular weight is 190 g/mol. The lowest BCUT2D eigenvalue weighted by Crippen LogP contribution is -3.00. The molecule has 1 rings (SSSR count). The van der Waals surface area contributed by atoms with Crippen molar-refractivity contribution in [3.05, 3.63) is 28.9 Å². The van der Waals surface area contributed by atoms with Gasteiger partial charge in [0.25, 0.3) is 0 Å². The second-order valence-electron chi connectivity index (χ2n) is 2.41. The van der Waals surface area contributed by atoms with Gasteiger partial charge in [-0.3, -0.25) is 0 Å². The molecule has 5 heteroatoms. The van der Waals surface area contributed by atoms with Crippen molar-refractivity contribution < 1.29 is 22.8 Å². The van der Waals surface area contributed by atoms with E-state index in [1.54, 1.807) is 26.0 Å². The number of pyridine rings is 1. The fraction of sp³-hybridized carbons (Fsp3) is 0.286. The molecule has 0 amide bonds. The van der Waals surface area contributed by atoms with Gasteiger partial charge in [0.05, 0.1) is 11.4 Å². The highest BCUT2D eigenvalue weighted by molar-refractivity contribution is 5.09. The van der Waals surface area contributed by atoms with Gasteiger partial charge in [0.2, 0.25) is 0 Å². The van der Waals surface area contributed by atoms with Crippen molar-refractivity contribution in [1.29, 1.82) is 0 Å². The van der Waals surface area contributed by atoms with E-state index in [0.717, 1.165) is 4.73 Å². The Morgan fingerprint density at radius 3 is 2.00 bits per heavy atom. The molecule has 2 N–H and O–H groups in total. The normalized spacial score (nSPS) is 8.83. The summed E-state index contributed by atoms with van der Waals surface area (Å²) in [5.41, 5.74) is 1.27. The van der Waals surface area contributed by atoms with Crippen LogP contribution >= 0.6 is 0 Å². The van der Waals surface area contributed by atoms with Gasteiger partial charge in [-0.25, -0.2) is 0 Å². The van der Waals surface area contributed by atoms with Gasteiger partial charge in [-0.15, -0.1) is 0 Å². The van der Waals surface area contributed by atoms with Crippen molar-refractivity contribution >= 4 is 0 Å². The topological polar surface area (TPSA) is 57.8 Å². The van der Waals surface area contributed by atoms with Crippen LogP contribution in [0.4, 0.5) is 0 Å². The molecule has 0 spiro atoms. The Hall–Kier alpha value is -1.16. The number of hydrogen-bond acceptors (Lipinski definition) is 3. The summed E-state index contributed by atoms with van der Waals surface area (Å²) in [7, 11) is 0. The molecule has 0 aliphatic carbocycles. The first-order valence-electron chi connectivity index (χ1n) is 3.23. The van der Waals surface area contributed by atoms with E-state index < -0.39 is 0 Å². The van der Waals surface area contributed by atoms with Crippen molar-refractivity contribution in [3.8, 4) is 0 Å². The Bertz CT molecular complexity index is 306. The highest BCUT2D eigenvalue weighted by atomic mass is 35.5. The third-order valence-electron chi connectivity index (χ3n) is 1.50. The number of rotatable bonds is 0. The van der Waals surface area contributed by atoms with Crippen LogP contribution in [-0.4, -0.2) is 15.1 Å². The molecular formula is C7H10ClN2O2-. The molecular weight excluding hydrogens is 180 g/mol. The first-order valence-corrected chi connectivity index (χ1v) is 3.23. The van der Waals surface area contributed by atoms with Crippen LogP contribution in [0.25, 0.3) is 0 Å². The Morgan fingerprint density at radius 1 is 1.25 bits per heavy atom. The predicted octanol–water partition coefficient (Wildman–Crippen LogP) is -2.36. The highest BCUT2D eigenvalue weighted by Crippen LogP contribution is 1.95. The van der Waals surface area contributed by atoms with E-state index in [0.29, 0.717) is 16.7 Å². The van der Waals surface area contributed by atoms with E-state index in [-0.39, 0.29) is 12.4 Å². The number of halogens is 1. The fourth-order valence-electron chi connectivity index (χ4n) is 0.928. The summed E-state index contributed by atoms with van der Waals surface area (Å²) in [4.78, 5) is 0. The summed E-state index contributed by atoms with van der Waals surface area (Å²) >= 11 is 0. The van der Waals surface area contributed by atoms with Crippen molar-refractivity contribution in [2.24, 2.45) is 5.16 Å². The minimum atomic E-state index is 0. The molecule has 0 aromatic carbocycles. The Morgan fingerprint density at radius 2 is 1.67 bits per heavy atom. The molecule has 4 nitrogen and oxygen atoms in total. The third-order valence-corrected chi connectivity index (χ3v) is 1.50. The quantitative estimate of drug-likeness (QED) is 0.273. The van der Waals surface area contributed by atoms with Gasteiger partial charge in [-0.1, -0.05) is 5.16 Å². The van der Waals surface area contributed by atoms with Gasteiger partial charge in [0, 0.05) is 0 Å². The first-order chi connectivity index (χ1) is 5.15. The molecule has 0 atom stereocenters. The van der Waals surface area contributed by atoms with Crippen LogP contribution in [0, 0.1) is 13.8 Å². The van der Waals surface area contributed by atoms with Crippen molar-refractivity contribution in [1.82, 2.24) is 4.73 Å². The van der Waals surface area contributed by atoms with Crippen LogP contribution in [0.5, 0.6) is 0 Å². The molecule has 0 unspecified atom stereocenters. The maximum Gasteiger partial charge on any atom is 0.106 e. The maximum atomic E-state index is 9.22. The smallest absolute Gasteiger partial charge is 0.106 e. The molecule has 0 saturated carbocycles. The van der Waals surface area contributed by atoms with E-state index in [9.17, 15) is 5.21 Å². The predicted molar refractivity (Wildman–Crippen MR) is 38.4 cm³/mol. The van der Waals surface area contributed by atoms with E-state index in [1.165, 1.54) is 0 Å². The molecule has 0 aliphatic rings. The average Bonchev–Trinajstić information content (AvgIpc) is 1.99. The molecule has 0 fully saturated rings. The summed E-state index contributed by atoms with van der Waals surface area (Å²) in [6.45, 7) is 3.45. The number of hydrogen-bond donors (Lipinski definition) is 2. The number of nitrogens with zero attached hydrogens (tertiary/aromatic N) is 2. The molecule has 1 aromatic rings. The molecule has 1 heterocycles. The number of aryl methyl sites for hydroxylation is 2. The molecule has 0 aliphatic heterocycles. The van der Waals surface area contributed by atoms with Gasteiger partial charge in [-0.2, -0.15) is 4.73 Å². The van der Waals surface area contributed by atoms with Crippen LogP contribution in [0.2, 0.25) is 0 Å².